The fourth-order valence-corrected chi connectivity index (χ4v) is 2.07. The number of nitrogens with one attached hydrogen (secondary N) is 2. The molecule has 0 aromatic rings. The van der Waals surface area contributed by atoms with Gasteiger partial charge in [-0.2, -0.15) is 0 Å². The lowest BCUT2D eigenvalue weighted by Gasteiger charge is -2.34. The van der Waals surface area contributed by atoms with Crippen molar-refractivity contribution in [3.8, 4) is 0 Å². The van der Waals surface area contributed by atoms with Gasteiger partial charge in [0.05, 0.1) is 5.54 Å². The summed E-state index contributed by atoms with van der Waals surface area (Å²) < 4.78 is 0. The van der Waals surface area contributed by atoms with E-state index in [-0.39, 0.29) is 11.6 Å². The molecular formula is C8H15N3O. The highest BCUT2D eigenvalue weighted by atomic mass is 16.2. The van der Waals surface area contributed by atoms with E-state index < -0.39 is 0 Å². The Morgan fingerprint density at radius 3 is 2.58 bits per heavy atom. The van der Waals surface area contributed by atoms with E-state index in [9.17, 15) is 4.79 Å². The van der Waals surface area contributed by atoms with Crippen LogP contribution in [0.1, 0.15) is 25.7 Å². The Morgan fingerprint density at radius 1 is 1.42 bits per heavy atom. The highest BCUT2D eigenvalue weighted by molar-refractivity contribution is 5.77. The standard InChI is InChI=1S/C8H15N3O/c9-6-1-3-8(4-2-6)5-10-7(12)11-8/h6H,1-5,9H2,(H2,10,11,12). The fraction of sp³-hybridized carbons (Fsp3) is 0.875. The first-order valence-electron chi connectivity index (χ1n) is 4.52. The topological polar surface area (TPSA) is 67.1 Å². The molecule has 4 N–H and O–H groups in total. The first-order chi connectivity index (χ1) is 5.70. The van der Waals surface area contributed by atoms with Crippen LogP contribution in [-0.4, -0.2) is 24.2 Å². The van der Waals surface area contributed by atoms with Gasteiger partial charge in [-0.25, -0.2) is 4.79 Å². The molecule has 0 unspecified atom stereocenters. The lowest BCUT2D eigenvalue weighted by Crippen LogP contribution is -2.48. The van der Waals surface area contributed by atoms with E-state index in [0.29, 0.717) is 6.04 Å². The number of hydrogen-bond donors (Lipinski definition) is 3. The average molecular weight is 169 g/mol. The summed E-state index contributed by atoms with van der Waals surface area (Å²) in [5.41, 5.74) is 5.82. The van der Waals surface area contributed by atoms with Gasteiger partial charge in [0.2, 0.25) is 0 Å². The van der Waals surface area contributed by atoms with Crippen LogP contribution in [0.2, 0.25) is 0 Å². The van der Waals surface area contributed by atoms with Gasteiger partial charge < -0.3 is 16.4 Å². The number of nitrogens with two attached hydrogens (primary N) is 1. The number of hydrogen-bond acceptors (Lipinski definition) is 2. The van der Waals surface area contributed by atoms with Crippen molar-refractivity contribution in [3.05, 3.63) is 0 Å². The maximum atomic E-state index is 10.9. The van der Waals surface area contributed by atoms with Crippen LogP contribution in [0.3, 0.4) is 0 Å². The van der Waals surface area contributed by atoms with Crippen molar-refractivity contribution in [3.63, 3.8) is 0 Å². The molecule has 1 saturated heterocycles. The van der Waals surface area contributed by atoms with E-state index >= 15 is 0 Å². The van der Waals surface area contributed by atoms with Crippen molar-refractivity contribution in [2.45, 2.75) is 37.3 Å². The summed E-state index contributed by atoms with van der Waals surface area (Å²) in [6.07, 6.45) is 4.10. The minimum atomic E-state index is -0.0227. The van der Waals surface area contributed by atoms with Crippen LogP contribution in [0.5, 0.6) is 0 Å². The largest absolute Gasteiger partial charge is 0.336 e. The first kappa shape index (κ1) is 7.86. The molecule has 0 bridgehead atoms. The molecule has 2 aliphatic rings. The zero-order valence-corrected chi connectivity index (χ0v) is 7.10. The predicted octanol–water partition coefficient (Wildman–Crippen LogP) is -0.0607. The summed E-state index contributed by atoms with van der Waals surface area (Å²) in [7, 11) is 0. The first-order valence-corrected chi connectivity index (χ1v) is 4.52. The number of rotatable bonds is 0. The number of amides is 2. The van der Waals surface area contributed by atoms with Gasteiger partial charge in [-0.15, -0.1) is 0 Å². The van der Waals surface area contributed by atoms with Gasteiger partial charge in [-0.3, -0.25) is 0 Å². The third kappa shape index (κ3) is 1.27. The van der Waals surface area contributed by atoms with Crippen LogP contribution in [0.15, 0.2) is 0 Å². The summed E-state index contributed by atoms with van der Waals surface area (Å²) in [6.45, 7) is 0.776. The van der Waals surface area contributed by atoms with E-state index in [2.05, 4.69) is 10.6 Å². The SMILES string of the molecule is NC1CCC2(CC1)CNC(=O)N2. The van der Waals surface area contributed by atoms with Gasteiger partial charge in [-0.05, 0) is 25.7 Å². The van der Waals surface area contributed by atoms with E-state index in [1.807, 2.05) is 0 Å². The summed E-state index contributed by atoms with van der Waals surface area (Å²) in [5.74, 6) is 0. The molecule has 12 heavy (non-hydrogen) atoms. The molecule has 1 spiro atoms. The molecule has 4 nitrogen and oxygen atoms in total. The molecule has 0 atom stereocenters. The van der Waals surface area contributed by atoms with Crippen molar-refractivity contribution in [2.24, 2.45) is 5.73 Å². The van der Waals surface area contributed by atoms with Crippen LogP contribution in [-0.2, 0) is 0 Å². The molecule has 2 fully saturated rings. The molecule has 1 saturated carbocycles. The summed E-state index contributed by atoms with van der Waals surface area (Å²) in [6, 6.07) is 0.318. The monoisotopic (exact) mass is 169 g/mol. The van der Waals surface area contributed by atoms with E-state index in [4.69, 9.17) is 5.73 Å². The van der Waals surface area contributed by atoms with E-state index in [1.165, 1.54) is 0 Å². The molecule has 2 amide bonds. The maximum absolute atomic E-state index is 10.9. The Labute approximate surface area is 71.9 Å². The van der Waals surface area contributed by atoms with Crippen LogP contribution in [0.25, 0.3) is 0 Å². The highest BCUT2D eigenvalue weighted by Gasteiger charge is 2.39. The van der Waals surface area contributed by atoms with Crippen molar-refractivity contribution in [1.82, 2.24) is 10.6 Å². The van der Waals surface area contributed by atoms with Crippen LogP contribution < -0.4 is 16.4 Å². The summed E-state index contributed by atoms with van der Waals surface area (Å²) in [5, 5.41) is 5.79. The third-order valence-electron chi connectivity index (χ3n) is 2.95. The molecule has 1 aliphatic heterocycles. The van der Waals surface area contributed by atoms with Gasteiger partial charge in [0.25, 0.3) is 0 Å². The van der Waals surface area contributed by atoms with Gasteiger partial charge in [0, 0.05) is 12.6 Å². The summed E-state index contributed by atoms with van der Waals surface area (Å²) >= 11 is 0. The second-order valence-corrected chi connectivity index (χ2v) is 3.93. The van der Waals surface area contributed by atoms with Crippen molar-refractivity contribution >= 4 is 6.03 Å². The van der Waals surface area contributed by atoms with Gasteiger partial charge in [0.1, 0.15) is 0 Å². The van der Waals surface area contributed by atoms with E-state index in [0.717, 1.165) is 32.2 Å². The maximum Gasteiger partial charge on any atom is 0.315 e. The van der Waals surface area contributed by atoms with Gasteiger partial charge >= 0.3 is 6.03 Å². The molecule has 0 radical (unpaired) electrons. The smallest absolute Gasteiger partial charge is 0.315 e. The minimum absolute atomic E-state index is 0.0227. The van der Waals surface area contributed by atoms with Gasteiger partial charge in [-0.1, -0.05) is 0 Å². The second kappa shape index (κ2) is 2.62. The zero-order chi connectivity index (χ0) is 8.60. The van der Waals surface area contributed by atoms with Crippen LogP contribution in [0, 0.1) is 0 Å². The Hall–Kier alpha value is -0.770. The molecule has 1 aliphatic carbocycles. The van der Waals surface area contributed by atoms with Gasteiger partial charge in [0.15, 0.2) is 0 Å². The quantitative estimate of drug-likeness (QED) is 0.475. The fourth-order valence-electron chi connectivity index (χ4n) is 2.07. The molecular weight excluding hydrogens is 154 g/mol. The van der Waals surface area contributed by atoms with Crippen LogP contribution in [0.4, 0.5) is 4.79 Å². The Bertz CT molecular complexity index is 196. The lowest BCUT2D eigenvalue weighted by molar-refractivity contribution is 0.231. The van der Waals surface area contributed by atoms with Crippen molar-refractivity contribution in [2.75, 3.05) is 6.54 Å². The number of carbonyl (C=O) groups excluding carboxylic acids is 1. The molecule has 2 rings (SSSR count). The van der Waals surface area contributed by atoms with Crippen molar-refractivity contribution < 1.29 is 4.79 Å². The lowest BCUT2D eigenvalue weighted by atomic mass is 9.80. The molecule has 1 heterocycles. The third-order valence-corrected chi connectivity index (χ3v) is 2.95. The van der Waals surface area contributed by atoms with Crippen LogP contribution >= 0.6 is 0 Å². The van der Waals surface area contributed by atoms with E-state index in [1.54, 1.807) is 0 Å². The molecule has 0 aromatic heterocycles. The Morgan fingerprint density at radius 2 is 2.08 bits per heavy atom. The number of carbonyl (C=O) groups is 1. The predicted molar refractivity (Wildman–Crippen MR) is 45.7 cm³/mol. The number of urea groups is 1. The highest BCUT2D eigenvalue weighted by Crippen LogP contribution is 2.28. The Kier molecular flexibility index (Phi) is 1.72. The molecule has 4 heteroatoms. The minimum Gasteiger partial charge on any atom is -0.336 e. The normalized spacial score (nSPS) is 41.1. The zero-order valence-electron chi connectivity index (χ0n) is 7.10. The summed E-state index contributed by atoms with van der Waals surface area (Å²) in [4.78, 5) is 10.9. The second-order valence-electron chi connectivity index (χ2n) is 3.93. The molecule has 0 aromatic carbocycles. The molecule has 68 valence electrons. The average Bonchev–Trinajstić information content (AvgIpc) is 2.40. The Balaban J connectivity index is 1.99. The van der Waals surface area contributed by atoms with Crippen molar-refractivity contribution in [1.29, 1.82) is 0 Å².